The van der Waals surface area contributed by atoms with Gasteiger partial charge < -0.3 is 14.6 Å². The van der Waals surface area contributed by atoms with Crippen LogP contribution in [0, 0.1) is 12.7 Å². The number of aromatic nitrogens is 5. The van der Waals surface area contributed by atoms with Gasteiger partial charge >= 0.3 is 0 Å². The molecule has 0 saturated carbocycles. The summed E-state index contributed by atoms with van der Waals surface area (Å²) in [6.07, 6.45) is 4.23. The number of amides is 1. The third-order valence-corrected chi connectivity index (χ3v) is 5.11. The molecule has 33 heavy (non-hydrogen) atoms. The van der Waals surface area contributed by atoms with Crippen LogP contribution in [0.2, 0.25) is 0 Å². The zero-order valence-electron chi connectivity index (χ0n) is 18.5. The molecule has 0 aliphatic rings. The van der Waals surface area contributed by atoms with Crippen molar-refractivity contribution in [3.63, 3.8) is 0 Å². The Kier molecular flexibility index (Phi) is 6.64. The van der Waals surface area contributed by atoms with Gasteiger partial charge in [0.2, 0.25) is 5.91 Å². The van der Waals surface area contributed by atoms with Crippen LogP contribution >= 0.6 is 0 Å². The summed E-state index contributed by atoms with van der Waals surface area (Å²) < 4.78 is 23.6. The van der Waals surface area contributed by atoms with Crippen LogP contribution in [0.15, 0.2) is 53.6 Å². The van der Waals surface area contributed by atoms with Crippen LogP contribution in [0.25, 0.3) is 22.4 Å². The number of hydrogen-bond donors (Lipinski definition) is 1. The number of carbonyl (C=O) groups excluding carboxylic acids is 1. The van der Waals surface area contributed by atoms with Crippen LogP contribution in [0.5, 0.6) is 0 Å². The molecule has 4 rings (SSSR count). The number of halogens is 1. The van der Waals surface area contributed by atoms with E-state index in [1.54, 1.807) is 36.0 Å². The highest BCUT2D eigenvalue weighted by Gasteiger charge is 2.22. The van der Waals surface area contributed by atoms with E-state index in [9.17, 15) is 14.0 Å². The minimum atomic E-state index is -0.452. The lowest BCUT2D eigenvalue weighted by atomic mass is 10.2. The molecule has 0 saturated heterocycles. The number of benzene rings is 1. The summed E-state index contributed by atoms with van der Waals surface area (Å²) in [6, 6.07) is 9.60. The molecule has 0 radical (unpaired) electrons. The predicted octanol–water partition coefficient (Wildman–Crippen LogP) is 2.36. The molecule has 0 spiro atoms. The van der Waals surface area contributed by atoms with Crippen LogP contribution in [0.1, 0.15) is 19.0 Å². The van der Waals surface area contributed by atoms with Gasteiger partial charge in [-0.3, -0.25) is 9.59 Å². The lowest BCUT2D eigenvalue weighted by Crippen LogP contribution is -2.35. The van der Waals surface area contributed by atoms with Crippen molar-refractivity contribution in [2.45, 2.75) is 26.8 Å². The predicted molar refractivity (Wildman–Crippen MR) is 121 cm³/mol. The molecule has 1 N–H and O–H groups in total. The first-order valence-corrected chi connectivity index (χ1v) is 10.7. The Hall–Kier alpha value is -3.79. The van der Waals surface area contributed by atoms with Gasteiger partial charge in [-0.2, -0.15) is 10.2 Å². The highest BCUT2D eigenvalue weighted by Crippen LogP contribution is 2.24. The average Bonchev–Trinajstić information content (AvgIpc) is 3.45. The summed E-state index contributed by atoms with van der Waals surface area (Å²) in [5.41, 5.74) is 0.886. The SMILES string of the molecule is CCOCCCNC(=O)Cn1nc(C)c2nn(-c3cccc(F)c3)c(-n3cccc3)c2c1=O. The minimum Gasteiger partial charge on any atom is -0.382 e. The van der Waals surface area contributed by atoms with Crippen molar-refractivity contribution in [2.75, 3.05) is 19.8 Å². The van der Waals surface area contributed by atoms with Gasteiger partial charge in [0.25, 0.3) is 5.56 Å². The molecule has 10 heteroatoms. The molecule has 9 nitrogen and oxygen atoms in total. The molecule has 1 amide bonds. The molecule has 0 unspecified atom stereocenters. The molecule has 172 valence electrons. The van der Waals surface area contributed by atoms with Crippen LogP contribution in [-0.2, 0) is 16.1 Å². The van der Waals surface area contributed by atoms with Gasteiger partial charge in [0, 0.05) is 32.2 Å². The minimum absolute atomic E-state index is 0.222. The molecule has 3 heterocycles. The number of nitrogens with zero attached hydrogens (tertiary/aromatic N) is 5. The van der Waals surface area contributed by atoms with Gasteiger partial charge in [0.1, 0.15) is 23.3 Å². The maximum Gasteiger partial charge on any atom is 0.280 e. The summed E-state index contributed by atoms with van der Waals surface area (Å²) in [5.74, 6) is -0.291. The normalized spacial score (nSPS) is 11.2. The lowest BCUT2D eigenvalue weighted by molar-refractivity contribution is -0.121. The van der Waals surface area contributed by atoms with E-state index in [0.717, 1.165) is 4.68 Å². The van der Waals surface area contributed by atoms with Crippen molar-refractivity contribution in [1.29, 1.82) is 0 Å². The van der Waals surface area contributed by atoms with Crippen LogP contribution in [0.3, 0.4) is 0 Å². The average molecular weight is 452 g/mol. The molecular weight excluding hydrogens is 427 g/mol. The first kappa shape index (κ1) is 22.4. The second-order valence-corrected chi connectivity index (χ2v) is 7.48. The molecule has 1 aromatic carbocycles. The van der Waals surface area contributed by atoms with Gasteiger partial charge in [0.05, 0.1) is 11.4 Å². The van der Waals surface area contributed by atoms with Gasteiger partial charge in [-0.05, 0) is 50.6 Å². The number of nitrogens with one attached hydrogen (secondary N) is 1. The summed E-state index contributed by atoms with van der Waals surface area (Å²) in [6.45, 7) is 5.04. The molecule has 0 aliphatic heterocycles. The van der Waals surface area contributed by atoms with Crippen LogP contribution in [-0.4, -0.2) is 49.8 Å². The van der Waals surface area contributed by atoms with E-state index >= 15 is 0 Å². The Morgan fingerprint density at radius 1 is 1.18 bits per heavy atom. The molecule has 0 fully saturated rings. The Labute approximate surface area is 189 Å². The molecular formula is C23H25FN6O3. The fraction of sp³-hybridized carbons (Fsp3) is 0.304. The van der Waals surface area contributed by atoms with Crippen molar-refractivity contribution < 1.29 is 13.9 Å². The topological polar surface area (TPSA) is 96.0 Å². The van der Waals surface area contributed by atoms with Gasteiger partial charge in [-0.1, -0.05) is 6.07 Å². The Morgan fingerprint density at radius 2 is 1.97 bits per heavy atom. The van der Waals surface area contributed by atoms with Crippen molar-refractivity contribution in [2.24, 2.45) is 0 Å². The number of hydrogen-bond acceptors (Lipinski definition) is 5. The Bertz CT molecular complexity index is 1330. The largest absolute Gasteiger partial charge is 0.382 e. The molecule has 0 aliphatic carbocycles. The second-order valence-electron chi connectivity index (χ2n) is 7.48. The molecule has 0 atom stereocenters. The summed E-state index contributed by atoms with van der Waals surface area (Å²) >= 11 is 0. The van der Waals surface area contributed by atoms with Gasteiger partial charge in [-0.25, -0.2) is 13.8 Å². The summed E-state index contributed by atoms with van der Waals surface area (Å²) in [5, 5.41) is 12.0. The van der Waals surface area contributed by atoms with Gasteiger partial charge in [0.15, 0.2) is 5.82 Å². The Balaban J connectivity index is 1.75. The zero-order chi connectivity index (χ0) is 23.4. The van der Waals surface area contributed by atoms with E-state index in [1.807, 2.05) is 19.1 Å². The highest BCUT2D eigenvalue weighted by molar-refractivity contribution is 5.88. The summed E-state index contributed by atoms with van der Waals surface area (Å²) in [4.78, 5) is 25.8. The monoisotopic (exact) mass is 452 g/mol. The second kappa shape index (κ2) is 9.78. The van der Waals surface area contributed by atoms with Gasteiger partial charge in [-0.15, -0.1) is 0 Å². The zero-order valence-corrected chi connectivity index (χ0v) is 18.5. The first-order chi connectivity index (χ1) is 16.0. The number of rotatable bonds is 9. The van der Waals surface area contributed by atoms with Crippen molar-refractivity contribution in [3.05, 3.63) is 70.7 Å². The third kappa shape index (κ3) is 4.70. The van der Waals surface area contributed by atoms with E-state index in [-0.39, 0.29) is 12.5 Å². The summed E-state index contributed by atoms with van der Waals surface area (Å²) in [7, 11) is 0. The molecule has 4 aromatic rings. The van der Waals surface area contributed by atoms with Crippen molar-refractivity contribution in [3.8, 4) is 11.5 Å². The van der Waals surface area contributed by atoms with Crippen LogP contribution in [0.4, 0.5) is 4.39 Å². The van der Waals surface area contributed by atoms with E-state index in [0.29, 0.717) is 54.3 Å². The quantitative estimate of drug-likeness (QED) is 0.394. The smallest absolute Gasteiger partial charge is 0.280 e. The number of ether oxygens (including phenoxy) is 1. The Morgan fingerprint density at radius 3 is 2.70 bits per heavy atom. The maximum atomic E-state index is 13.9. The standard InChI is InChI=1S/C23H25FN6O3/c1-3-33-13-7-10-25-19(31)15-29-23(32)20-21(16(2)26-29)27-30(18-9-6-8-17(24)14-18)22(20)28-11-4-5-12-28/h4-6,8-9,11-12,14H,3,7,10,13,15H2,1-2H3,(H,25,31). The lowest BCUT2D eigenvalue weighted by Gasteiger charge is -2.10. The molecule has 0 bridgehead atoms. The number of fused-ring (bicyclic) bond motifs is 1. The van der Waals surface area contributed by atoms with Crippen molar-refractivity contribution in [1.82, 2.24) is 29.4 Å². The van der Waals surface area contributed by atoms with Crippen molar-refractivity contribution >= 4 is 16.8 Å². The fourth-order valence-electron chi connectivity index (χ4n) is 3.61. The highest BCUT2D eigenvalue weighted by atomic mass is 19.1. The van der Waals surface area contributed by atoms with E-state index in [4.69, 9.17) is 4.74 Å². The third-order valence-electron chi connectivity index (χ3n) is 5.11. The maximum absolute atomic E-state index is 13.9. The molecule has 3 aromatic heterocycles. The number of aryl methyl sites for hydroxylation is 1. The number of carbonyl (C=O) groups is 1. The van der Waals surface area contributed by atoms with E-state index < -0.39 is 11.4 Å². The van der Waals surface area contributed by atoms with Crippen LogP contribution < -0.4 is 10.9 Å². The van der Waals surface area contributed by atoms with E-state index in [1.165, 1.54) is 16.8 Å². The van der Waals surface area contributed by atoms with E-state index in [2.05, 4.69) is 15.5 Å². The first-order valence-electron chi connectivity index (χ1n) is 10.7. The fourth-order valence-corrected chi connectivity index (χ4v) is 3.61.